The predicted octanol–water partition coefficient (Wildman–Crippen LogP) is 2.74. The Kier molecular flexibility index (Phi) is 5.28. The quantitative estimate of drug-likeness (QED) is 0.709. The van der Waals surface area contributed by atoms with Crippen molar-refractivity contribution in [3.63, 3.8) is 0 Å². The van der Waals surface area contributed by atoms with E-state index in [1.54, 1.807) is 0 Å². The summed E-state index contributed by atoms with van der Waals surface area (Å²) in [4.78, 5) is 11.2. The normalized spacial score (nSPS) is 18.5. The fourth-order valence-electron chi connectivity index (χ4n) is 1.98. The van der Waals surface area contributed by atoms with Gasteiger partial charge in [0.2, 0.25) is 5.91 Å². The Labute approximate surface area is 85.0 Å². The molecule has 0 aromatic heterocycles. The van der Waals surface area contributed by atoms with Gasteiger partial charge in [-0.1, -0.05) is 44.1 Å². The summed E-state index contributed by atoms with van der Waals surface area (Å²) < 4.78 is 2.76. The molecule has 0 aromatic rings. The van der Waals surface area contributed by atoms with Crippen LogP contribution < -0.4 is 4.72 Å². The molecule has 1 N–H and O–H groups in total. The summed E-state index contributed by atoms with van der Waals surface area (Å²) >= 11 is 1.40. The monoisotopic (exact) mass is 201 g/mol. The zero-order chi connectivity index (χ0) is 9.52. The van der Waals surface area contributed by atoms with E-state index in [1.165, 1.54) is 44.1 Å². The van der Waals surface area contributed by atoms with Crippen molar-refractivity contribution in [3.05, 3.63) is 0 Å². The van der Waals surface area contributed by atoms with Crippen molar-refractivity contribution in [2.45, 2.75) is 44.9 Å². The number of hydrogen-bond acceptors (Lipinski definition) is 2. The number of carbonyl (C=O) groups is 1. The third kappa shape index (κ3) is 4.55. The Balaban J connectivity index is 2.06. The first-order valence-electron chi connectivity index (χ1n) is 5.14. The molecule has 1 rings (SSSR count). The number of hydrogen-bond donors (Lipinski definition) is 1. The van der Waals surface area contributed by atoms with E-state index in [4.69, 9.17) is 0 Å². The van der Waals surface area contributed by atoms with Gasteiger partial charge >= 0.3 is 0 Å². The van der Waals surface area contributed by atoms with Crippen LogP contribution >= 0.6 is 11.9 Å². The average Bonchev–Trinajstić information content (AvgIpc) is 2.17. The van der Waals surface area contributed by atoms with Crippen molar-refractivity contribution in [2.24, 2.45) is 5.92 Å². The first-order chi connectivity index (χ1) is 6.33. The second kappa shape index (κ2) is 6.30. The van der Waals surface area contributed by atoms with Crippen molar-refractivity contribution >= 4 is 17.9 Å². The van der Waals surface area contributed by atoms with Crippen LogP contribution in [0.25, 0.3) is 0 Å². The van der Waals surface area contributed by atoms with Crippen LogP contribution in [0.4, 0.5) is 0 Å². The first-order valence-corrected chi connectivity index (χ1v) is 6.37. The molecular formula is C10H19NOS. The Hall–Kier alpha value is -0.180. The SMILES string of the molecule is CSNC(=O)CCC1CCCCC1. The highest BCUT2D eigenvalue weighted by molar-refractivity contribution is 7.97. The Morgan fingerprint density at radius 3 is 2.69 bits per heavy atom. The molecule has 0 radical (unpaired) electrons. The standard InChI is InChI=1S/C10H19NOS/c1-13-11-10(12)8-7-9-5-3-2-4-6-9/h9H,2-8H2,1H3,(H,11,12). The molecule has 1 saturated carbocycles. The van der Waals surface area contributed by atoms with Gasteiger partial charge in [0.05, 0.1) is 0 Å². The third-order valence-electron chi connectivity index (χ3n) is 2.72. The van der Waals surface area contributed by atoms with Gasteiger partial charge in [-0.05, 0) is 12.3 Å². The molecule has 0 aromatic carbocycles. The summed E-state index contributed by atoms with van der Waals surface area (Å²) in [5, 5.41) is 0. The molecule has 0 aliphatic heterocycles. The van der Waals surface area contributed by atoms with Crippen LogP contribution in [0.5, 0.6) is 0 Å². The Morgan fingerprint density at radius 1 is 1.38 bits per heavy atom. The molecule has 1 aliphatic rings. The van der Waals surface area contributed by atoms with E-state index in [9.17, 15) is 4.79 Å². The molecule has 1 fully saturated rings. The molecule has 1 amide bonds. The summed E-state index contributed by atoms with van der Waals surface area (Å²) in [6.45, 7) is 0. The Bertz CT molecular complexity index is 155. The summed E-state index contributed by atoms with van der Waals surface area (Å²) in [6, 6.07) is 0. The van der Waals surface area contributed by atoms with E-state index in [1.807, 2.05) is 6.26 Å². The number of carbonyl (C=O) groups excluding carboxylic acids is 1. The topological polar surface area (TPSA) is 29.1 Å². The third-order valence-corrected chi connectivity index (χ3v) is 3.15. The second-order valence-corrected chi connectivity index (χ2v) is 4.38. The molecule has 76 valence electrons. The minimum Gasteiger partial charge on any atom is -0.300 e. The van der Waals surface area contributed by atoms with Gasteiger partial charge in [0, 0.05) is 12.7 Å². The molecule has 0 saturated heterocycles. The van der Waals surface area contributed by atoms with E-state index in [0.29, 0.717) is 6.42 Å². The molecule has 13 heavy (non-hydrogen) atoms. The smallest absolute Gasteiger partial charge is 0.229 e. The maximum atomic E-state index is 11.2. The highest BCUT2D eigenvalue weighted by Gasteiger charge is 2.14. The summed E-state index contributed by atoms with van der Waals surface area (Å²) in [7, 11) is 0. The maximum absolute atomic E-state index is 11.2. The molecular weight excluding hydrogens is 182 g/mol. The van der Waals surface area contributed by atoms with Crippen LogP contribution in [-0.4, -0.2) is 12.2 Å². The van der Waals surface area contributed by atoms with Crippen LogP contribution in [0.2, 0.25) is 0 Å². The number of rotatable bonds is 4. The fraction of sp³-hybridized carbons (Fsp3) is 0.900. The molecule has 0 atom stereocenters. The van der Waals surface area contributed by atoms with Gasteiger partial charge in [0.15, 0.2) is 0 Å². The molecule has 0 spiro atoms. The molecule has 0 unspecified atom stereocenters. The lowest BCUT2D eigenvalue weighted by molar-refractivity contribution is -0.119. The fourth-order valence-corrected chi connectivity index (χ4v) is 2.31. The molecule has 0 bridgehead atoms. The van der Waals surface area contributed by atoms with Crippen LogP contribution in [0, 0.1) is 5.92 Å². The van der Waals surface area contributed by atoms with Crippen molar-refractivity contribution in [2.75, 3.05) is 6.26 Å². The van der Waals surface area contributed by atoms with Gasteiger partial charge < -0.3 is 4.72 Å². The number of amides is 1. The Morgan fingerprint density at radius 2 is 2.08 bits per heavy atom. The van der Waals surface area contributed by atoms with Gasteiger partial charge in [-0.25, -0.2) is 0 Å². The minimum absolute atomic E-state index is 0.193. The van der Waals surface area contributed by atoms with Crippen LogP contribution in [0.15, 0.2) is 0 Å². The summed E-state index contributed by atoms with van der Waals surface area (Å²) in [5.74, 6) is 1.01. The molecule has 3 heteroatoms. The summed E-state index contributed by atoms with van der Waals surface area (Å²) in [6.07, 6.45) is 10.5. The largest absolute Gasteiger partial charge is 0.300 e. The minimum atomic E-state index is 0.193. The first kappa shape index (κ1) is 10.9. The van der Waals surface area contributed by atoms with Gasteiger partial charge in [-0.2, -0.15) is 0 Å². The highest BCUT2D eigenvalue weighted by Crippen LogP contribution is 2.27. The van der Waals surface area contributed by atoms with E-state index < -0.39 is 0 Å². The zero-order valence-corrected chi connectivity index (χ0v) is 9.16. The van der Waals surface area contributed by atoms with Crippen molar-refractivity contribution in [1.82, 2.24) is 4.72 Å². The van der Waals surface area contributed by atoms with Crippen molar-refractivity contribution < 1.29 is 4.79 Å². The summed E-state index contributed by atoms with van der Waals surface area (Å²) in [5.41, 5.74) is 0. The van der Waals surface area contributed by atoms with E-state index in [0.717, 1.165) is 12.3 Å². The van der Waals surface area contributed by atoms with Gasteiger partial charge in [0.25, 0.3) is 0 Å². The second-order valence-electron chi connectivity index (χ2n) is 3.77. The van der Waals surface area contributed by atoms with Gasteiger partial charge in [0.1, 0.15) is 0 Å². The number of nitrogens with one attached hydrogen (secondary N) is 1. The van der Waals surface area contributed by atoms with Gasteiger partial charge in [-0.15, -0.1) is 0 Å². The van der Waals surface area contributed by atoms with Crippen LogP contribution in [0.1, 0.15) is 44.9 Å². The van der Waals surface area contributed by atoms with E-state index >= 15 is 0 Å². The van der Waals surface area contributed by atoms with Crippen LogP contribution in [0.3, 0.4) is 0 Å². The average molecular weight is 201 g/mol. The molecule has 2 nitrogen and oxygen atoms in total. The lowest BCUT2D eigenvalue weighted by Gasteiger charge is -2.20. The lowest BCUT2D eigenvalue weighted by Crippen LogP contribution is -2.17. The predicted molar refractivity (Wildman–Crippen MR) is 57.5 cm³/mol. The maximum Gasteiger partial charge on any atom is 0.229 e. The highest BCUT2D eigenvalue weighted by atomic mass is 32.2. The molecule has 0 heterocycles. The lowest BCUT2D eigenvalue weighted by atomic mass is 9.86. The zero-order valence-electron chi connectivity index (χ0n) is 8.34. The molecule has 1 aliphatic carbocycles. The van der Waals surface area contributed by atoms with Crippen molar-refractivity contribution in [1.29, 1.82) is 0 Å². The van der Waals surface area contributed by atoms with E-state index in [2.05, 4.69) is 4.72 Å². The van der Waals surface area contributed by atoms with E-state index in [-0.39, 0.29) is 5.91 Å². The van der Waals surface area contributed by atoms with Crippen molar-refractivity contribution in [3.8, 4) is 0 Å². The van der Waals surface area contributed by atoms with Gasteiger partial charge in [-0.3, -0.25) is 4.79 Å². The van der Waals surface area contributed by atoms with Crippen LogP contribution in [-0.2, 0) is 4.79 Å².